The van der Waals surface area contributed by atoms with Crippen molar-refractivity contribution in [1.82, 2.24) is 4.98 Å². The minimum Gasteiger partial charge on any atom is -0.360 e. The van der Waals surface area contributed by atoms with Crippen LogP contribution < -0.4 is 5.32 Å². The molecule has 5 heteroatoms. The van der Waals surface area contributed by atoms with Crippen LogP contribution in [0.4, 0.5) is 5.69 Å². The summed E-state index contributed by atoms with van der Waals surface area (Å²) in [6, 6.07) is 22.7. The van der Waals surface area contributed by atoms with Gasteiger partial charge in [-0.1, -0.05) is 58.4 Å². The first kappa shape index (κ1) is 18.4. The molecule has 0 spiro atoms. The lowest BCUT2D eigenvalue weighted by Gasteiger charge is -2.06. The number of aryl methyl sites for hydroxylation is 1. The van der Waals surface area contributed by atoms with Gasteiger partial charge in [-0.3, -0.25) is 0 Å². The van der Waals surface area contributed by atoms with Gasteiger partial charge in [0.1, 0.15) is 16.6 Å². The fourth-order valence-corrected chi connectivity index (χ4v) is 4.31. The van der Waals surface area contributed by atoms with Gasteiger partial charge in [-0.15, -0.1) is 11.3 Å². The van der Waals surface area contributed by atoms with Gasteiger partial charge in [-0.25, -0.2) is 4.98 Å². The van der Waals surface area contributed by atoms with Gasteiger partial charge in [0.25, 0.3) is 0 Å². The molecule has 28 heavy (non-hydrogen) atoms. The van der Waals surface area contributed by atoms with Crippen LogP contribution in [0.3, 0.4) is 0 Å². The number of halogens is 1. The number of aromatic nitrogens is 1. The first-order chi connectivity index (χ1) is 13.7. The maximum atomic E-state index is 9.62. The van der Waals surface area contributed by atoms with Gasteiger partial charge in [0, 0.05) is 27.3 Å². The Morgan fingerprint density at radius 2 is 1.96 bits per heavy atom. The Hall–Kier alpha value is -2.94. The van der Waals surface area contributed by atoms with E-state index in [1.165, 1.54) is 16.7 Å². The van der Waals surface area contributed by atoms with Crippen LogP contribution in [0.2, 0.25) is 0 Å². The number of benzene rings is 3. The number of anilines is 1. The predicted molar refractivity (Wildman–Crippen MR) is 121 cm³/mol. The topological polar surface area (TPSA) is 48.7 Å². The summed E-state index contributed by atoms with van der Waals surface area (Å²) in [6.07, 6.45) is 1.72. The summed E-state index contributed by atoms with van der Waals surface area (Å²) in [4.78, 5) is 4.73. The number of nitriles is 1. The van der Waals surface area contributed by atoms with Crippen LogP contribution in [0.25, 0.3) is 27.6 Å². The van der Waals surface area contributed by atoms with Crippen molar-refractivity contribution in [2.45, 2.75) is 6.92 Å². The number of allylic oxidation sites excluding steroid dienone is 1. The minimum absolute atomic E-state index is 0.513. The smallest absolute Gasteiger partial charge is 0.136 e. The summed E-state index contributed by atoms with van der Waals surface area (Å²) in [7, 11) is 0. The number of nitrogens with zero attached hydrogens (tertiary/aromatic N) is 2. The summed E-state index contributed by atoms with van der Waals surface area (Å²) in [5.74, 6) is 0. The summed E-state index contributed by atoms with van der Waals surface area (Å²) in [5, 5.41) is 17.9. The van der Waals surface area contributed by atoms with Crippen molar-refractivity contribution < 1.29 is 0 Å². The summed E-state index contributed by atoms with van der Waals surface area (Å²) >= 11 is 4.94. The van der Waals surface area contributed by atoms with E-state index in [1.807, 2.05) is 48.7 Å². The number of rotatable bonds is 4. The Morgan fingerprint density at radius 1 is 1.14 bits per heavy atom. The molecule has 0 atom stereocenters. The van der Waals surface area contributed by atoms with E-state index in [2.05, 4.69) is 51.6 Å². The molecule has 0 aliphatic carbocycles. The molecular weight excluding hydrogens is 430 g/mol. The molecule has 0 bridgehead atoms. The molecule has 4 aromatic rings. The molecular formula is C23H16BrN3S. The molecule has 1 N–H and O–H groups in total. The zero-order chi connectivity index (χ0) is 19.5. The third kappa shape index (κ3) is 3.70. The van der Waals surface area contributed by atoms with Crippen LogP contribution in [0.5, 0.6) is 0 Å². The van der Waals surface area contributed by atoms with Crippen molar-refractivity contribution in [3.05, 3.63) is 87.3 Å². The number of nitrogens with one attached hydrogen (secondary N) is 1. The Bertz CT molecular complexity index is 1230. The van der Waals surface area contributed by atoms with Crippen LogP contribution in [0.15, 0.2) is 76.7 Å². The van der Waals surface area contributed by atoms with Crippen molar-refractivity contribution in [2.75, 3.05) is 5.32 Å². The zero-order valence-corrected chi connectivity index (χ0v) is 17.5. The standard InChI is InChI=1S/C23H16BrN3S/c1-15-11-18(24)9-10-21(15)26-13-17(12-25)23-27-22(14-28-23)20-8-4-6-16-5-2-3-7-19(16)20/h2-11,13-14,26H,1H3/b17-13+. The maximum Gasteiger partial charge on any atom is 0.136 e. The van der Waals surface area contributed by atoms with Gasteiger partial charge in [0.15, 0.2) is 0 Å². The molecule has 0 aliphatic heterocycles. The second kappa shape index (κ2) is 7.97. The molecule has 3 nitrogen and oxygen atoms in total. The van der Waals surface area contributed by atoms with Gasteiger partial charge in [-0.05, 0) is 41.5 Å². The molecule has 136 valence electrons. The highest BCUT2D eigenvalue weighted by molar-refractivity contribution is 9.10. The summed E-state index contributed by atoms with van der Waals surface area (Å²) in [6.45, 7) is 2.02. The minimum atomic E-state index is 0.513. The molecule has 4 rings (SSSR count). The highest BCUT2D eigenvalue weighted by Gasteiger charge is 2.11. The van der Waals surface area contributed by atoms with E-state index in [0.29, 0.717) is 10.6 Å². The van der Waals surface area contributed by atoms with Crippen molar-refractivity contribution in [3.63, 3.8) is 0 Å². The molecule has 0 aliphatic rings. The molecule has 1 heterocycles. The summed E-state index contributed by atoms with van der Waals surface area (Å²) < 4.78 is 1.03. The number of fused-ring (bicyclic) bond motifs is 1. The Kier molecular flexibility index (Phi) is 5.25. The monoisotopic (exact) mass is 445 g/mol. The van der Waals surface area contributed by atoms with Gasteiger partial charge >= 0.3 is 0 Å². The van der Waals surface area contributed by atoms with E-state index < -0.39 is 0 Å². The second-order valence-electron chi connectivity index (χ2n) is 6.34. The first-order valence-electron chi connectivity index (χ1n) is 8.73. The largest absolute Gasteiger partial charge is 0.360 e. The van der Waals surface area contributed by atoms with Gasteiger partial charge < -0.3 is 5.32 Å². The Labute approximate surface area is 176 Å². The zero-order valence-electron chi connectivity index (χ0n) is 15.1. The Morgan fingerprint density at radius 3 is 2.79 bits per heavy atom. The highest BCUT2D eigenvalue weighted by Crippen LogP contribution is 2.31. The molecule has 1 aromatic heterocycles. The van der Waals surface area contributed by atoms with Gasteiger partial charge in [0.2, 0.25) is 0 Å². The molecule has 0 fully saturated rings. The SMILES string of the molecule is Cc1cc(Br)ccc1N/C=C(\C#N)c1nc(-c2cccc3ccccc23)cs1. The lowest BCUT2D eigenvalue weighted by Crippen LogP contribution is -1.93. The fraction of sp³-hybridized carbons (Fsp3) is 0.0435. The van der Waals surface area contributed by atoms with E-state index in [1.54, 1.807) is 6.20 Å². The fourth-order valence-electron chi connectivity index (χ4n) is 3.05. The average Bonchev–Trinajstić information content (AvgIpc) is 3.19. The van der Waals surface area contributed by atoms with Crippen LogP contribution in [-0.2, 0) is 0 Å². The third-order valence-electron chi connectivity index (χ3n) is 4.48. The van der Waals surface area contributed by atoms with Crippen molar-refractivity contribution in [1.29, 1.82) is 5.26 Å². The lowest BCUT2D eigenvalue weighted by molar-refractivity contribution is 1.36. The number of hydrogen-bond acceptors (Lipinski definition) is 4. The van der Waals surface area contributed by atoms with E-state index in [-0.39, 0.29) is 0 Å². The van der Waals surface area contributed by atoms with Gasteiger partial charge in [-0.2, -0.15) is 5.26 Å². The predicted octanol–water partition coefficient (Wildman–Crippen LogP) is 7.01. The normalized spacial score (nSPS) is 11.4. The van der Waals surface area contributed by atoms with Crippen molar-refractivity contribution in [3.8, 4) is 17.3 Å². The third-order valence-corrected chi connectivity index (χ3v) is 5.85. The lowest BCUT2D eigenvalue weighted by atomic mass is 10.0. The molecule has 0 saturated carbocycles. The molecule has 0 amide bonds. The van der Waals surface area contributed by atoms with Crippen LogP contribution in [0.1, 0.15) is 10.6 Å². The molecule has 0 unspecified atom stereocenters. The highest BCUT2D eigenvalue weighted by atomic mass is 79.9. The van der Waals surface area contributed by atoms with E-state index >= 15 is 0 Å². The van der Waals surface area contributed by atoms with Crippen molar-refractivity contribution in [2.24, 2.45) is 0 Å². The van der Waals surface area contributed by atoms with Crippen LogP contribution in [0, 0.1) is 18.3 Å². The van der Waals surface area contributed by atoms with Crippen LogP contribution in [-0.4, -0.2) is 4.98 Å². The number of hydrogen-bond donors (Lipinski definition) is 1. The van der Waals surface area contributed by atoms with Crippen LogP contribution >= 0.6 is 27.3 Å². The Balaban J connectivity index is 1.66. The molecule has 0 saturated heterocycles. The first-order valence-corrected chi connectivity index (χ1v) is 10.4. The maximum absolute atomic E-state index is 9.62. The second-order valence-corrected chi connectivity index (χ2v) is 8.11. The number of thiazole rings is 1. The molecule has 3 aromatic carbocycles. The summed E-state index contributed by atoms with van der Waals surface area (Å²) in [5.41, 5.74) is 4.53. The van der Waals surface area contributed by atoms with Crippen molar-refractivity contribution >= 4 is 49.3 Å². The molecule has 0 radical (unpaired) electrons. The van der Waals surface area contributed by atoms with E-state index in [9.17, 15) is 5.26 Å². The van der Waals surface area contributed by atoms with E-state index in [4.69, 9.17) is 4.98 Å². The quantitative estimate of drug-likeness (QED) is 0.343. The average molecular weight is 446 g/mol. The van der Waals surface area contributed by atoms with Gasteiger partial charge in [0.05, 0.1) is 5.69 Å². The van der Waals surface area contributed by atoms with E-state index in [0.717, 1.165) is 32.4 Å².